The van der Waals surface area contributed by atoms with Crippen molar-refractivity contribution in [3.8, 4) is 0 Å². The number of unbranched alkanes of at least 4 members (excludes halogenated alkanes) is 1. The van der Waals surface area contributed by atoms with Crippen molar-refractivity contribution in [3.05, 3.63) is 0 Å². The molecule has 0 aromatic carbocycles. The molecule has 0 aromatic heterocycles. The zero-order valence-corrected chi connectivity index (χ0v) is 7.14. The molecule has 0 aromatic rings. The minimum Gasteiger partial charge on any atom is -0.336 e. The summed E-state index contributed by atoms with van der Waals surface area (Å²) >= 11 is 0. The van der Waals surface area contributed by atoms with Crippen LogP contribution in [0.25, 0.3) is 0 Å². The Kier molecular flexibility index (Phi) is 6.82. The molecule has 66 valence electrons. The number of urea groups is 1. The van der Waals surface area contributed by atoms with E-state index in [1.54, 1.807) is 0 Å². The summed E-state index contributed by atoms with van der Waals surface area (Å²) in [5.74, 6) is 0. The van der Waals surface area contributed by atoms with E-state index in [0.29, 0.717) is 13.2 Å². The SMILES string of the molecule is CCCCNC(=O)NOCC. The normalized spacial score (nSPS) is 9.27. The largest absolute Gasteiger partial charge is 0.338 e. The van der Waals surface area contributed by atoms with Gasteiger partial charge < -0.3 is 5.32 Å². The zero-order chi connectivity index (χ0) is 8.53. The molecule has 0 radical (unpaired) electrons. The summed E-state index contributed by atoms with van der Waals surface area (Å²) in [5, 5.41) is 2.64. The smallest absolute Gasteiger partial charge is 0.336 e. The van der Waals surface area contributed by atoms with Crippen LogP contribution in [0.5, 0.6) is 0 Å². The molecule has 0 aliphatic carbocycles. The Morgan fingerprint density at radius 1 is 1.45 bits per heavy atom. The number of carbonyl (C=O) groups is 1. The van der Waals surface area contributed by atoms with Gasteiger partial charge in [-0.1, -0.05) is 13.3 Å². The summed E-state index contributed by atoms with van der Waals surface area (Å²) < 4.78 is 0. The minimum absolute atomic E-state index is 0.264. The fourth-order valence-electron chi connectivity index (χ4n) is 0.552. The van der Waals surface area contributed by atoms with Crippen LogP contribution < -0.4 is 10.8 Å². The lowest BCUT2D eigenvalue weighted by molar-refractivity contribution is 0.0707. The van der Waals surface area contributed by atoms with Crippen LogP contribution >= 0.6 is 0 Å². The van der Waals surface area contributed by atoms with Crippen molar-refractivity contribution < 1.29 is 9.63 Å². The van der Waals surface area contributed by atoms with Crippen LogP contribution in [0, 0.1) is 0 Å². The molecule has 0 fully saturated rings. The molecule has 11 heavy (non-hydrogen) atoms. The average Bonchev–Trinajstić information content (AvgIpc) is 2.01. The van der Waals surface area contributed by atoms with Crippen molar-refractivity contribution in [1.82, 2.24) is 10.8 Å². The number of amides is 2. The Morgan fingerprint density at radius 3 is 2.73 bits per heavy atom. The second kappa shape index (κ2) is 7.34. The number of carbonyl (C=O) groups excluding carboxylic acids is 1. The predicted octanol–water partition coefficient (Wildman–Crippen LogP) is 1.04. The van der Waals surface area contributed by atoms with E-state index in [0.717, 1.165) is 12.8 Å². The predicted molar refractivity (Wildman–Crippen MR) is 43.1 cm³/mol. The number of hydrogen-bond acceptors (Lipinski definition) is 2. The molecule has 0 aliphatic heterocycles. The maximum atomic E-state index is 10.7. The molecule has 0 rings (SSSR count). The zero-order valence-electron chi connectivity index (χ0n) is 7.14. The Balaban J connectivity index is 3.09. The highest BCUT2D eigenvalue weighted by Gasteiger charge is 1.95. The van der Waals surface area contributed by atoms with Crippen LogP contribution in [0.2, 0.25) is 0 Å². The van der Waals surface area contributed by atoms with Crippen molar-refractivity contribution in [2.75, 3.05) is 13.2 Å². The highest BCUT2D eigenvalue weighted by Crippen LogP contribution is 1.81. The van der Waals surface area contributed by atoms with Gasteiger partial charge in [0.1, 0.15) is 0 Å². The molecule has 0 saturated carbocycles. The van der Waals surface area contributed by atoms with Crippen LogP contribution in [-0.2, 0) is 4.84 Å². The highest BCUT2D eigenvalue weighted by molar-refractivity contribution is 5.72. The first-order valence-corrected chi connectivity index (χ1v) is 3.96. The van der Waals surface area contributed by atoms with Gasteiger partial charge in [-0.05, 0) is 13.3 Å². The Bertz CT molecular complexity index is 107. The van der Waals surface area contributed by atoms with E-state index < -0.39 is 0 Å². The summed E-state index contributed by atoms with van der Waals surface area (Å²) in [6, 6.07) is -0.264. The van der Waals surface area contributed by atoms with Gasteiger partial charge >= 0.3 is 6.03 Å². The number of nitrogens with one attached hydrogen (secondary N) is 2. The van der Waals surface area contributed by atoms with Crippen LogP contribution in [-0.4, -0.2) is 19.2 Å². The molecular formula is C7H16N2O2. The molecule has 0 unspecified atom stereocenters. The molecule has 4 heteroatoms. The van der Waals surface area contributed by atoms with Gasteiger partial charge in [0.2, 0.25) is 0 Å². The first kappa shape index (κ1) is 10.2. The Morgan fingerprint density at radius 2 is 2.18 bits per heavy atom. The lowest BCUT2D eigenvalue weighted by Gasteiger charge is -2.04. The third kappa shape index (κ3) is 7.12. The Labute approximate surface area is 67.3 Å². The fraction of sp³-hybridized carbons (Fsp3) is 0.857. The van der Waals surface area contributed by atoms with E-state index in [2.05, 4.69) is 22.6 Å². The highest BCUT2D eigenvalue weighted by atomic mass is 16.7. The maximum absolute atomic E-state index is 10.7. The summed E-state index contributed by atoms with van der Waals surface area (Å²) in [5.41, 5.74) is 2.24. The number of rotatable bonds is 5. The lowest BCUT2D eigenvalue weighted by atomic mass is 10.3. The molecule has 0 spiro atoms. The summed E-state index contributed by atoms with van der Waals surface area (Å²) in [4.78, 5) is 15.4. The van der Waals surface area contributed by atoms with E-state index in [1.165, 1.54) is 0 Å². The second-order valence-corrected chi connectivity index (χ2v) is 2.14. The van der Waals surface area contributed by atoms with Crippen LogP contribution in [0.15, 0.2) is 0 Å². The first-order chi connectivity index (χ1) is 5.31. The van der Waals surface area contributed by atoms with Crippen molar-refractivity contribution in [1.29, 1.82) is 0 Å². The van der Waals surface area contributed by atoms with Crippen molar-refractivity contribution in [2.24, 2.45) is 0 Å². The van der Waals surface area contributed by atoms with Gasteiger partial charge in [-0.15, -0.1) is 0 Å². The van der Waals surface area contributed by atoms with E-state index in [9.17, 15) is 4.79 Å². The fourth-order valence-corrected chi connectivity index (χ4v) is 0.552. The number of hydroxylamine groups is 1. The molecule has 2 amide bonds. The number of hydrogen-bond donors (Lipinski definition) is 2. The topological polar surface area (TPSA) is 50.4 Å². The van der Waals surface area contributed by atoms with Gasteiger partial charge in [-0.25, -0.2) is 10.3 Å². The van der Waals surface area contributed by atoms with Gasteiger partial charge in [0.25, 0.3) is 0 Å². The molecule has 0 atom stereocenters. The van der Waals surface area contributed by atoms with Crippen LogP contribution in [0.1, 0.15) is 26.7 Å². The lowest BCUT2D eigenvalue weighted by Crippen LogP contribution is -2.35. The molecular weight excluding hydrogens is 144 g/mol. The molecule has 4 nitrogen and oxygen atoms in total. The van der Waals surface area contributed by atoms with Crippen molar-refractivity contribution in [2.45, 2.75) is 26.7 Å². The minimum atomic E-state index is -0.264. The van der Waals surface area contributed by atoms with Gasteiger partial charge in [0, 0.05) is 6.54 Å². The van der Waals surface area contributed by atoms with Gasteiger partial charge in [-0.3, -0.25) is 4.84 Å². The van der Waals surface area contributed by atoms with Crippen LogP contribution in [0.3, 0.4) is 0 Å². The molecule has 2 N–H and O–H groups in total. The van der Waals surface area contributed by atoms with E-state index in [1.807, 2.05) is 6.92 Å². The third-order valence-corrected chi connectivity index (χ3v) is 1.13. The van der Waals surface area contributed by atoms with Gasteiger partial charge in [-0.2, -0.15) is 0 Å². The summed E-state index contributed by atoms with van der Waals surface area (Å²) in [7, 11) is 0. The molecule has 0 aliphatic rings. The standard InChI is InChI=1S/C7H16N2O2/c1-3-5-6-8-7(10)9-11-4-2/h3-6H2,1-2H3,(H2,8,9,10). The Hall–Kier alpha value is -0.770. The summed E-state index contributed by atoms with van der Waals surface area (Å²) in [6.45, 7) is 5.07. The molecule has 0 saturated heterocycles. The van der Waals surface area contributed by atoms with E-state index in [4.69, 9.17) is 0 Å². The quantitative estimate of drug-likeness (QED) is 0.466. The van der Waals surface area contributed by atoms with Gasteiger partial charge in [0.05, 0.1) is 6.61 Å². The summed E-state index contributed by atoms with van der Waals surface area (Å²) in [6.07, 6.45) is 2.08. The van der Waals surface area contributed by atoms with Crippen LogP contribution in [0.4, 0.5) is 4.79 Å². The van der Waals surface area contributed by atoms with Crippen molar-refractivity contribution >= 4 is 6.03 Å². The molecule has 0 heterocycles. The second-order valence-electron chi connectivity index (χ2n) is 2.14. The maximum Gasteiger partial charge on any atom is 0.338 e. The van der Waals surface area contributed by atoms with Gasteiger partial charge in [0.15, 0.2) is 0 Å². The first-order valence-electron chi connectivity index (χ1n) is 3.96. The monoisotopic (exact) mass is 160 g/mol. The molecule has 0 bridgehead atoms. The van der Waals surface area contributed by atoms with E-state index >= 15 is 0 Å². The third-order valence-electron chi connectivity index (χ3n) is 1.13. The van der Waals surface area contributed by atoms with Crippen molar-refractivity contribution in [3.63, 3.8) is 0 Å². The van der Waals surface area contributed by atoms with E-state index in [-0.39, 0.29) is 6.03 Å². The average molecular weight is 160 g/mol.